The van der Waals surface area contributed by atoms with Crippen LogP contribution in [0.2, 0.25) is 0 Å². The molecule has 1 saturated heterocycles. The van der Waals surface area contributed by atoms with E-state index in [1.807, 2.05) is 30.0 Å². The van der Waals surface area contributed by atoms with Crippen LogP contribution in [0.3, 0.4) is 0 Å². The van der Waals surface area contributed by atoms with Gasteiger partial charge in [0.15, 0.2) is 0 Å². The molecule has 0 spiro atoms. The lowest BCUT2D eigenvalue weighted by Crippen LogP contribution is -2.54. The molecule has 3 heterocycles. The lowest BCUT2D eigenvalue weighted by molar-refractivity contribution is 0.0719. The predicted octanol–water partition coefficient (Wildman–Crippen LogP) is 2.05. The fourth-order valence-electron chi connectivity index (χ4n) is 3.46. The van der Waals surface area contributed by atoms with Crippen molar-refractivity contribution in [1.82, 2.24) is 19.7 Å². The number of nitrogens with zero attached hydrogens (tertiary/aromatic N) is 4. The smallest absolute Gasteiger partial charge is 0.272 e. The Labute approximate surface area is 161 Å². The zero-order valence-corrected chi connectivity index (χ0v) is 15.4. The Bertz CT molecular complexity index is 1030. The summed E-state index contributed by atoms with van der Waals surface area (Å²) in [5.74, 6) is 0.0899. The molecular weight excluding hydrogens is 361 g/mol. The van der Waals surface area contributed by atoms with Gasteiger partial charge < -0.3 is 9.80 Å². The number of hydrogen-bond acceptors (Lipinski definition) is 4. The molecule has 4 rings (SSSR count). The van der Waals surface area contributed by atoms with Crippen LogP contribution in [0.1, 0.15) is 17.4 Å². The van der Waals surface area contributed by atoms with E-state index in [1.165, 1.54) is 23.0 Å². The van der Waals surface area contributed by atoms with Gasteiger partial charge in [-0.15, -0.1) is 0 Å². The van der Waals surface area contributed by atoms with Crippen LogP contribution in [-0.2, 0) is 0 Å². The standard InChI is InChI=1S/C20H20FN5O2/c1-14-13-24(9-10-25(14)18-8-7-15(21)12-22-18)20(28)17-11-19(27)26(23-17)16-5-3-2-4-6-16/h2-8,11-12,14,23H,9-10,13H2,1H3. The highest BCUT2D eigenvalue weighted by Gasteiger charge is 2.29. The molecule has 1 aliphatic heterocycles. The maximum Gasteiger partial charge on any atom is 0.272 e. The summed E-state index contributed by atoms with van der Waals surface area (Å²) in [5, 5.41) is 2.90. The second-order valence-electron chi connectivity index (χ2n) is 6.81. The number of rotatable bonds is 3. The average molecular weight is 381 g/mol. The van der Waals surface area contributed by atoms with Gasteiger partial charge in [-0.25, -0.2) is 14.1 Å². The van der Waals surface area contributed by atoms with E-state index in [9.17, 15) is 14.0 Å². The lowest BCUT2D eigenvalue weighted by atomic mass is 10.1. The maximum atomic E-state index is 13.1. The third-order valence-corrected chi connectivity index (χ3v) is 4.89. The minimum Gasteiger partial charge on any atom is -0.350 e. The number of nitrogens with one attached hydrogen (secondary N) is 1. The highest BCUT2D eigenvalue weighted by molar-refractivity contribution is 5.92. The zero-order chi connectivity index (χ0) is 19.7. The number of hydrogen-bond donors (Lipinski definition) is 1. The molecule has 8 heteroatoms. The van der Waals surface area contributed by atoms with Gasteiger partial charge in [0, 0.05) is 31.7 Å². The van der Waals surface area contributed by atoms with Crippen molar-refractivity contribution in [1.29, 1.82) is 0 Å². The molecule has 1 N–H and O–H groups in total. The van der Waals surface area contributed by atoms with Crippen molar-refractivity contribution in [3.8, 4) is 5.69 Å². The minimum absolute atomic E-state index is 0.0126. The molecule has 0 aliphatic carbocycles. The molecule has 1 amide bonds. The highest BCUT2D eigenvalue weighted by Crippen LogP contribution is 2.19. The van der Waals surface area contributed by atoms with E-state index < -0.39 is 0 Å². The van der Waals surface area contributed by atoms with Crippen LogP contribution in [0.4, 0.5) is 10.2 Å². The van der Waals surface area contributed by atoms with Crippen molar-refractivity contribution >= 4 is 11.7 Å². The SMILES string of the molecule is CC1CN(C(=O)c2cc(=O)n(-c3ccccc3)[nH]2)CCN1c1ccc(F)cn1. The number of carbonyl (C=O) groups is 1. The Balaban J connectivity index is 1.49. The summed E-state index contributed by atoms with van der Waals surface area (Å²) < 4.78 is 14.5. The van der Waals surface area contributed by atoms with Crippen molar-refractivity contribution in [3.05, 3.63) is 76.6 Å². The number of anilines is 1. The van der Waals surface area contributed by atoms with Gasteiger partial charge in [-0.2, -0.15) is 0 Å². The third kappa shape index (κ3) is 3.40. The molecule has 3 aromatic rings. The molecule has 1 aromatic carbocycles. The first-order chi connectivity index (χ1) is 13.5. The van der Waals surface area contributed by atoms with Crippen LogP contribution in [0.5, 0.6) is 0 Å². The van der Waals surface area contributed by atoms with Gasteiger partial charge in [-0.1, -0.05) is 18.2 Å². The van der Waals surface area contributed by atoms with Crippen LogP contribution in [0.15, 0.2) is 59.5 Å². The first kappa shape index (κ1) is 18.0. The van der Waals surface area contributed by atoms with Gasteiger partial charge in [0.1, 0.15) is 17.3 Å². The average Bonchev–Trinajstić information content (AvgIpc) is 3.10. The molecule has 144 valence electrons. The summed E-state index contributed by atoms with van der Waals surface area (Å²) in [7, 11) is 0. The van der Waals surface area contributed by atoms with E-state index in [-0.39, 0.29) is 29.0 Å². The number of benzene rings is 1. The Kier molecular flexibility index (Phi) is 4.68. The second kappa shape index (κ2) is 7.30. The lowest BCUT2D eigenvalue weighted by Gasteiger charge is -2.40. The summed E-state index contributed by atoms with van der Waals surface area (Å²) >= 11 is 0. The van der Waals surface area contributed by atoms with Crippen LogP contribution in [0, 0.1) is 5.82 Å². The number of piperazine rings is 1. The highest BCUT2D eigenvalue weighted by atomic mass is 19.1. The van der Waals surface area contributed by atoms with Gasteiger partial charge in [-0.05, 0) is 31.2 Å². The minimum atomic E-state index is -0.378. The monoisotopic (exact) mass is 381 g/mol. The Morgan fingerprint density at radius 3 is 2.64 bits per heavy atom. The number of para-hydroxylation sites is 1. The van der Waals surface area contributed by atoms with Crippen molar-refractivity contribution < 1.29 is 9.18 Å². The first-order valence-electron chi connectivity index (χ1n) is 9.08. The molecule has 7 nitrogen and oxygen atoms in total. The van der Waals surface area contributed by atoms with E-state index in [4.69, 9.17) is 0 Å². The number of pyridine rings is 1. The van der Waals surface area contributed by atoms with Crippen LogP contribution >= 0.6 is 0 Å². The number of carbonyl (C=O) groups excluding carboxylic acids is 1. The quantitative estimate of drug-likeness (QED) is 0.754. The van der Waals surface area contributed by atoms with Crippen molar-refractivity contribution in [2.24, 2.45) is 0 Å². The van der Waals surface area contributed by atoms with E-state index in [1.54, 1.807) is 23.1 Å². The number of aromatic nitrogens is 3. The number of halogens is 1. The molecule has 1 unspecified atom stereocenters. The van der Waals surface area contributed by atoms with Gasteiger partial charge >= 0.3 is 0 Å². The largest absolute Gasteiger partial charge is 0.350 e. The maximum absolute atomic E-state index is 13.1. The molecule has 0 saturated carbocycles. The molecule has 28 heavy (non-hydrogen) atoms. The van der Waals surface area contributed by atoms with Crippen LogP contribution < -0.4 is 10.5 Å². The van der Waals surface area contributed by atoms with Crippen molar-refractivity contribution in [2.75, 3.05) is 24.5 Å². The normalized spacial score (nSPS) is 17.0. The summed E-state index contributed by atoms with van der Waals surface area (Å²) in [5.41, 5.74) is 0.651. The summed E-state index contributed by atoms with van der Waals surface area (Å²) in [4.78, 5) is 33.0. The molecule has 1 atom stereocenters. The predicted molar refractivity (Wildman–Crippen MR) is 103 cm³/mol. The van der Waals surface area contributed by atoms with E-state index in [2.05, 4.69) is 10.1 Å². The van der Waals surface area contributed by atoms with Crippen molar-refractivity contribution in [3.63, 3.8) is 0 Å². The summed E-state index contributed by atoms with van der Waals surface area (Å²) in [6.07, 6.45) is 1.19. The third-order valence-electron chi connectivity index (χ3n) is 4.89. The molecule has 0 radical (unpaired) electrons. The molecule has 2 aromatic heterocycles. The number of H-pyrrole nitrogens is 1. The topological polar surface area (TPSA) is 74.2 Å². The van der Waals surface area contributed by atoms with Gasteiger partial charge in [0.2, 0.25) is 0 Å². The Hall–Kier alpha value is -3.42. The molecular formula is C20H20FN5O2. The summed E-state index contributed by atoms with van der Waals surface area (Å²) in [6.45, 7) is 3.54. The first-order valence-corrected chi connectivity index (χ1v) is 9.08. The van der Waals surface area contributed by atoms with E-state index in [0.29, 0.717) is 31.1 Å². The second-order valence-corrected chi connectivity index (χ2v) is 6.81. The fraction of sp³-hybridized carbons (Fsp3) is 0.250. The fourth-order valence-corrected chi connectivity index (χ4v) is 3.46. The van der Waals surface area contributed by atoms with E-state index >= 15 is 0 Å². The Morgan fingerprint density at radius 1 is 1.18 bits per heavy atom. The van der Waals surface area contributed by atoms with E-state index in [0.717, 1.165) is 0 Å². The molecule has 1 fully saturated rings. The number of aromatic amines is 1. The van der Waals surface area contributed by atoms with Crippen LogP contribution in [0.25, 0.3) is 5.69 Å². The summed E-state index contributed by atoms with van der Waals surface area (Å²) in [6, 6.07) is 13.5. The van der Waals surface area contributed by atoms with Gasteiger partial charge in [0.25, 0.3) is 11.5 Å². The van der Waals surface area contributed by atoms with Crippen LogP contribution in [-0.4, -0.2) is 51.2 Å². The van der Waals surface area contributed by atoms with Gasteiger partial charge in [0.05, 0.1) is 11.9 Å². The Morgan fingerprint density at radius 2 is 1.96 bits per heavy atom. The molecule has 1 aliphatic rings. The van der Waals surface area contributed by atoms with Gasteiger partial charge in [-0.3, -0.25) is 14.7 Å². The zero-order valence-electron chi connectivity index (χ0n) is 15.4. The van der Waals surface area contributed by atoms with Crippen molar-refractivity contribution in [2.45, 2.75) is 13.0 Å². The number of amides is 1. The molecule has 0 bridgehead atoms.